The molecule has 2 aromatic carbocycles. The molecule has 0 aliphatic heterocycles. The molecule has 0 saturated carbocycles. The molecule has 4 heteroatoms. The summed E-state index contributed by atoms with van der Waals surface area (Å²) in [7, 11) is 0. The molecule has 0 aromatic heterocycles. The van der Waals surface area contributed by atoms with Crippen LogP contribution in [0.15, 0.2) is 48.5 Å². The van der Waals surface area contributed by atoms with Crippen molar-refractivity contribution in [3.05, 3.63) is 64.7 Å². The van der Waals surface area contributed by atoms with Gasteiger partial charge in [-0.15, -0.1) is 0 Å². The minimum atomic E-state index is -0.194. The molecule has 23 heavy (non-hydrogen) atoms. The van der Waals surface area contributed by atoms with Crippen molar-refractivity contribution >= 4 is 23.2 Å². The lowest BCUT2D eigenvalue weighted by atomic mass is 9.87. The zero-order valence-electron chi connectivity index (χ0n) is 13.6. The monoisotopic (exact) mass is 330 g/mol. The molecule has 0 aliphatic carbocycles. The zero-order valence-corrected chi connectivity index (χ0v) is 14.3. The Bertz CT molecular complexity index is 653. The molecule has 0 aliphatic rings. The Morgan fingerprint density at radius 2 is 1.87 bits per heavy atom. The number of carbonyl (C=O) groups excluding carboxylic acids is 1. The number of nitrogen functional groups attached to an aromatic ring is 1. The SMILES string of the molecule is CC(C)C(C(=O)NCCc1ccc(N)cc1)c1cccc(Cl)c1. The van der Waals surface area contributed by atoms with Gasteiger partial charge < -0.3 is 11.1 Å². The minimum absolute atomic E-state index is 0.0395. The van der Waals surface area contributed by atoms with Crippen LogP contribution in [0.4, 0.5) is 5.69 Å². The fourth-order valence-corrected chi connectivity index (χ4v) is 2.86. The smallest absolute Gasteiger partial charge is 0.227 e. The molecule has 1 amide bonds. The summed E-state index contributed by atoms with van der Waals surface area (Å²) < 4.78 is 0. The molecule has 0 saturated heterocycles. The van der Waals surface area contributed by atoms with Crippen LogP contribution in [0, 0.1) is 5.92 Å². The number of nitrogens with one attached hydrogen (secondary N) is 1. The number of amides is 1. The number of anilines is 1. The highest BCUT2D eigenvalue weighted by atomic mass is 35.5. The number of nitrogens with two attached hydrogens (primary N) is 1. The Labute approximate surface area is 142 Å². The van der Waals surface area contributed by atoms with Crippen molar-refractivity contribution in [2.24, 2.45) is 5.92 Å². The van der Waals surface area contributed by atoms with Crippen LogP contribution in [0.25, 0.3) is 0 Å². The summed E-state index contributed by atoms with van der Waals surface area (Å²) in [6.45, 7) is 4.70. The first-order valence-electron chi connectivity index (χ1n) is 7.85. The molecule has 1 unspecified atom stereocenters. The highest BCUT2D eigenvalue weighted by Gasteiger charge is 2.23. The standard InChI is InChI=1S/C19H23ClN2O/c1-13(2)18(15-4-3-5-16(20)12-15)19(23)22-11-10-14-6-8-17(21)9-7-14/h3-9,12-13,18H,10-11,21H2,1-2H3,(H,22,23). The van der Waals surface area contributed by atoms with Gasteiger partial charge in [-0.3, -0.25) is 4.79 Å². The molecule has 0 bridgehead atoms. The fraction of sp³-hybridized carbons (Fsp3) is 0.316. The number of hydrogen-bond donors (Lipinski definition) is 2. The molecule has 0 spiro atoms. The van der Waals surface area contributed by atoms with Gasteiger partial charge in [0.1, 0.15) is 0 Å². The summed E-state index contributed by atoms with van der Waals surface area (Å²) >= 11 is 6.05. The van der Waals surface area contributed by atoms with Gasteiger partial charge in [0.05, 0.1) is 5.92 Å². The van der Waals surface area contributed by atoms with Crippen molar-refractivity contribution in [2.45, 2.75) is 26.2 Å². The summed E-state index contributed by atoms with van der Waals surface area (Å²) in [4.78, 5) is 12.6. The first kappa shape index (κ1) is 17.4. The van der Waals surface area contributed by atoms with E-state index in [-0.39, 0.29) is 17.7 Å². The van der Waals surface area contributed by atoms with Crippen LogP contribution in [0.3, 0.4) is 0 Å². The molecule has 0 heterocycles. The Morgan fingerprint density at radius 1 is 1.17 bits per heavy atom. The maximum atomic E-state index is 12.6. The van der Waals surface area contributed by atoms with Crippen molar-refractivity contribution < 1.29 is 4.79 Å². The average molecular weight is 331 g/mol. The van der Waals surface area contributed by atoms with E-state index in [0.717, 1.165) is 23.2 Å². The number of hydrogen-bond acceptors (Lipinski definition) is 2. The van der Waals surface area contributed by atoms with Gasteiger partial charge in [-0.05, 0) is 47.7 Å². The van der Waals surface area contributed by atoms with Crippen LogP contribution < -0.4 is 11.1 Å². The first-order chi connectivity index (χ1) is 11.0. The zero-order chi connectivity index (χ0) is 16.8. The van der Waals surface area contributed by atoms with Gasteiger partial charge in [0.25, 0.3) is 0 Å². The van der Waals surface area contributed by atoms with E-state index in [1.54, 1.807) is 0 Å². The second kappa shape index (κ2) is 8.02. The van der Waals surface area contributed by atoms with Crippen molar-refractivity contribution in [3.63, 3.8) is 0 Å². The van der Waals surface area contributed by atoms with Crippen LogP contribution in [0.5, 0.6) is 0 Å². The van der Waals surface area contributed by atoms with Gasteiger partial charge in [0.15, 0.2) is 0 Å². The topological polar surface area (TPSA) is 55.1 Å². The molecule has 3 nitrogen and oxygen atoms in total. The largest absolute Gasteiger partial charge is 0.399 e. The normalized spacial score (nSPS) is 12.2. The van der Waals surface area contributed by atoms with E-state index in [1.165, 1.54) is 0 Å². The Morgan fingerprint density at radius 3 is 2.48 bits per heavy atom. The summed E-state index contributed by atoms with van der Waals surface area (Å²) in [5.74, 6) is 0.0443. The predicted molar refractivity (Wildman–Crippen MR) is 96.6 cm³/mol. The minimum Gasteiger partial charge on any atom is -0.399 e. The van der Waals surface area contributed by atoms with E-state index in [0.29, 0.717) is 11.6 Å². The quantitative estimate of drug-likeness (QED) is 0.786. The van der Waals surface area contributed by atoms with Crippen molar-refractivity contribution in [1.82, 2.24) is 5.32 Å². The maximum absolute atomic E-state index is 12.6. The third-order valence-electron chi connectivity index (χ3n) is 3.85. The molecular formula is C19H23ClN2O. The van der Waals surface area contributed by atoms with Gasteiger partial charge in [-0.25, -0.2) is 0 Å². The summed E-state index contributed by atoms with van der Waals surface area (Å²) in [6.07, 6.45) is 0.784. The molecule has 122 valence electrons. The maximum Gasteiger partial charge on any atom is 0.227 e. The average Bonchev–Trinajstić information content (AvgIpc) is 2.49. The highest BCUT2D eigenvalue weighted by molar-refractivity contribution is 6.30. The van der Waals surface area contributed by atoms with Crippen LogP contribution in [-0.4, -0.2) is 12.5 Å². The first-order valence-corrected chi connectivity index (χ1v) is 8.22. The third kappa shape index (κ3) is 5.00. The van der Waals surface area contributed by atoms with E-state index in [2.05, 4.69) is 5.32 Å². The van der Waals surface area contributed by atoms with E-state index in [1.807, 2.05) is 62.4 Å². The summed E-state index contributed by atoms with van der Waals surface area (Å²) in [5, 5.41) is 3.69. The molecule has 3 N–H and O–H groups in total. The Balaban J connectivity index is 1.97. The summed E-state index contributed by atoms with van der Waals surface area (Å²) in [6, 6.07) is 15.2. The second-order valence-electron chi connectivity index (χ2n) is 6.06. The van der Waals surface area contributed by atoms with Crippen LogP contribution in [0.1, 0.15) is 30.9 Å². The molecule has 0 radical (unpaired) electrons. The van der Waals surface area contributed by atoms with Crippen molar-refractivity contribution in [2.75, 3.05) is 12.3 Å². The van der Waals surface area contributed by atoms with E-state index in [4.69, 9.17) is 17.3 Å². The second-order valence-corrected chi connectivity index (χ2v) is 6.50. The van der Waals surface area contributed by atoms with Gasteiger partial charge in [-0.2, -0.15) is 0 Å². The van der Waals surface area contributed by atoms with Gasteiger partial charge >= 0.3 is 0 Å². The lowest BCUT2D eigenvalue weighted by Crippen LogP contribution is -2.33. The lowest BCUT2D eigenvalue weighted by Gasteiger charge is -2.21. The Hall–Kier alpha value is -2.00. The van der Waals surface area contributed by atoms with Crippen molar-refractivity contribution in [1.29, 1.82) is 0 Å². The predicted octanol–water partition coefficient (Wildman–Crippen LogP) is 4.02. The lowest BCUT2D eigenvalue weighted by molar-refractivity contribution is -0.123. The number of rotatable bonds is 6. The van der Waals surface area contributed by atoms with Gasteiger partial charge in [0.2, 0.25) is 5.91 Å². The number of carbonyl (C=O) groups is 1. The van der Waals surface area contributed by atoms with Crippen LogP contribution in [-0.2, 0) is 11.2 Å². The van der Waals surface area contributed by atoms with E-state index >= 15 is 0 Å². The third-order valence-corrected chi connectivity index (χ3v) is 4.08. The van der Waals surface area contributed by atoms with Gasteiger partial charge in [0, 0.05) is 17.3 Å². The fourth-order valence-electron chi connectivity index (χ4n) is 2.66. The van der Waals surface area contributed by atoms with Crippen LogP contribution >= 0.6 is 11.6 Å². The van der Waals surface area contributed by atoms with Crippen LogP contribution in [0.2, 0.25) is 5.02 Å². The summed E-state index contributed by atoms with van der Waals surface area (Å²) in [5.41, 5.74) is 8.53. The molecule has 0 fully saturated rings. The van der Waals surface area contributed by atoms with E-state index < -0.39 is 0 Å². The Kier molecular flexibility index (Phi) is 6.05. The number of halogens is 1. The molecule has 2 aromatic rings. The highest BCUT2D eigenvalue weighted by Crippen LogP contribution is 2.26. The number of benzene rings is 2. The van der Waals surface area contributed by atoms with Crippen molar-refractivity contribution in [3.8, 4) is 0 Å². The molecule has 1 atom stereocenters. The van der Waals surface area contributed by atoms with Gasteiger partial charge in [-0.1, -0.05) is 49.7 Å². The van der Waals surface area contributed by atoms with E-state index in [9.17, 15) is 4.79 Å². The molecular weight excluding hydrogens is 308 g/mol. The molecule has 2 rings (SSSR count).